The monoisotopic (exact) mass is 366 g/mol. The number of carbonyl (C=O) groups is 1. The van der Waals surface area contributed by atoms with Gasteiger partial charge in [0.1, 0.15) is 10.0 Å². The molecule has 0 aliphatic rings. The minimum atomic E-state index is -1.17. The number of nitrogens with two attached hydrogens (primary N) is 1. The van der Waals surface area contributed by atoms with Crippen LogP contribution in [0.2, 0.25) is 10.0 Å². The summed E-state index contributed by atoms with van der Waals surface area (Å²) in [4.78, 5) is 14.7. The summed E-state index contributed by atoms with van der Waals surface area (Å²) in [6.07, 6.45) is 2.78. The van der Waals surface area contributed by atoms with Crippen molar-refractivity contribution in [3.63, 3.8) is 0 Å². The molecule has 23 heavy (non-hydrogen) atoms. The number of aliphatic carboxylic acids is 1. The number of aromatic nitrogens is 1. The van der Waals surface area contributed by atoms with Crippen molar-refractivity contribution < 1.29 is 19.0 Å². The molecule has 1 atom stereocenters. The molecular weight excluding hydrogens is 346 g/mol. The SMILES string of the molecule is CC(C)CCCCCC(Oc1nc(F)c(Cl)c(N)c1Cl)C(=O)O. The quantitative estimate of drug-likeness (QED) is 0.494. The molecule has 130 valence electrons. The van der Waals surface area contributed by atoms with Crippen molar-refractivity contribution in [3.8, 4) is 5.88 Å². The van der Waals surface area contributed by atoms with Crippen molar-refractivity contribution in [2.45, 2.75) is 52.1 Å². The van der Waals surface area contributed by atoms with Crippen LogP contribution in [0.3, 0.4) is 0 Å². The predicted octanol–water partition coefficient (Wildman–Crippen LogP) is 4.55. The highest BCUT2D eigenvalue weighted by Gasteiger charge is 2.24. The summed E-state index contributed by atoms with van der Waals surface area (Å²) in [7, 11) is 0. The lowest BCUT2D eigenvalue weighted by molar-refractivity contribution is -0.145. The molecule has 0 spiro atoms. The third-order valence-corrected chi connectivity index (χ3v) is 4.04. The van der Waals surface area contributed by atoms with Gasteiger partial charge < -0.3 is 15.6 Å². The van der Waals surface area contributed by atoms with Crippen molar-refractivity contribution in [1.29, 1.82) is 0 Å². The van der Waals surface area contributed by atoms with Gasteiger partial charge in [-0.15, -0.1) is 0 Å². The normalized spacial score (nSPS) is 12.4. The van der Waals surface area contributed by atoms with Crippen LogP contribution < -0.4 is 10.5 Å². The second-order valence-corrected chi connectivity index (χ2v) is 6.48. The maximum Gasteiger partial charge on any atom is 0.344 e. The van der Waals surface area contributed by atoms with Crippen LogP contribution in [-0.4, -0.2) is 22.2 Å². The van der Waals surface area contributed by atoms with Gasteiger partial charge in [0.15, 0.2) is 6.10 Å². The van der Waals surface area contributed by atoms with E-state index in [1.807, 2.05) is 0 Å². The van der Waals surface area contributed by atoms with Gasteiger partial charge in [-0.25, -0.2) is 4.79 Å². The number of pyridine rings is 1. The number of carboxylic acids is 1. The second-order valence-electron chi connectivity index (χ2n) is 5.73. The first-order valence-electron chi connectivity index (χ1n) is 7.43. The first-order valence-corrected chi connectivity index (χ1v) is 8.19. The van der Waals surface area contributed by atoms with Crippen LogP contribution in [-0.2, 0) is 4.79 Å². The zero-order valence-electron chi connectivity index (χ0n) is 13.1. The summed E-state index contributed by atoms with van der Waals surface area (Å²) in [5, 5.41) is 8.61. The average Bonchev–Trinajstić information content (AvgIpc) is 2.48. The third-order valence-electron chi connectivity index (χ3n) is 3.32. The van der Waals surface area contributed by atoms with Crippen molar-refractivity contribution >= 4 is 34.9 Å². The third kappa shape index (κ3) is 6.03. The molecule has 0 bridgehead atoms. The lowest BCUT2D eigenvalue weighted by Gasteiger charge is -2.16. The van der Waals surface area contributed by atoms with Gasteiger partial charge in [0.05, 0.1) is 5.69 Å². The molecule has 1 aromatic heterocycles. The first-order chi connectivity index (χ1) is 10.7. The summed E-state index contributed by atoms with van der Waals surface area (Å²) >= 11 is 11.5. The van der Waals surface area contributed by atoms with Gasteiger partial charge in [0.25, 0.3) is 0 Å². The molecule has 1 heterocycles. The Bertz CT molecular complexity index is 556. The number of rotatable bonds is 9. The number of nitrogens with zero attached hydrogens (tertiary/aromatic N) is 1. The number of hydrogen-bond acceptors (Lipinski definition) is 4. The van der Waals surface area contributed by atoms with Gasteiger partial charge in [0, 0.05) is 0 Å². The van der Waals surface area contributed by atoms with E-state index in [0.29, 0.717) is 12.3 Å². The topological polar surface area (TPSA) is 85.4 Å². The Hall–Kier alpha value is -1.27. The lowest BCUT2D eigenvalue weighted by atomic mass is 10.0. The van der Waals surface area contributed by atoms with Crippen LogP contribution in [0.1, 0.15) is 46.0 Å². The maximum atomic E-state index is 13.5. The summed E-state index contributed by atoms with van der Waals surface area (Å²) in [5.41, 5.74) is 5.31. The zero-order valence-corrected chi connectivity index (χ0v) is 14.6. The van der Waals surface area contributed by atoms with Crippen LogP contribution in [0.15, 0.2) is 0 Å². The van der Waals surface area contributed by atoms with E-state index in [0.717, 1.165) is 19.3 Å². The molecule has 0 radical (unpaired) electrons. The Kier molecular flexibility index (Phi) is 7.85. The highest BCUT2D eigenvalue weighted by Crippen LogP contribution is 2.36. The minimum absolute atomic E-state index is 0.192. The molecule has 0 aliphatic heterocycles. The number of anilines is 1. The molecule has 1 unspecified atom stereocenters. The van der Waals surface area contributed by atoms with E-state index in [4.69, 9.17) is 33.7 Å². The van der Waals surface area contributed by atoms with Crippen LogP contribution >= 0.6 is 23.2 Å². The number of unbranched alkanes of at least 4 members (excludes halogenated alkanes) is 2. The highest BCUT2D eigenvalue weighted by atomic mass is 35.5. The fourth-order valence-corrected chi connectivity index (χ4v) is 2.38. The molecule has 0 fully saturated rings. The van der Waals surface area contributed by atoms with Gasteiger partial charge in [-0.3, -0.25) is 0 Å². The minimum Gasteiger partial charge on any atom is -0.479 e. The number of carboxylic acid groups (broad SMARTS) is 1. The maximum absolute atomic E-state index is 13.5. The molecule has 8 heteroatoms. The van der Waals surface area contributed by atoms with Crippen LogP contribution in [0.4, 0.5) is 10.1 Å². The summed E-state index contributed by atoms with van der Waals surface area (Å²) in [5.74, 6) is -1.96. The Balaban J connectivity index is 2.68. The Morgan fingerprint density at radius 1 is 1.26 bits per heavy atom. The summed E-state index contributed by atoms with van der Waals surface area (Å²) < 4.78 is 18.7. The van der Waals surface area contributed by atoms with Gasteiger partial charge in [0.2, 0.25) is 11.8 Å². The van der Waals surface area contributed by atoms with Crippen molar-refractivity contribution in [3.05, 3.63) is 16.0 Å². The molecule has 0 aliphatic carbocycles. The Morgan fingerprint density at radius 2 is 1.87 bits per heavy atom. The molecule has 3 N–H and O–H groups in total. The number of hydrogen-bond donors (Lipinski definition) is 2. The Labute approximate surface area is 144 Å². The van der Waals surface area contributed by atoms with Gasteiger partial charge >= 0.3 is 5.97 Å². The predicted molar refractivity (Wildman–Crippen MR) is 88.6 cm³/mol. The second kappa shape index (κ2) is 9.13. The van der Waals surface area contributed by atoms with Gasteiger partial charge in [-0.2, -0.15) is 9.37 Å². The number of halogens is 3. The molecule has 0 saturated heterocycles. The largest absolute Gasteiger partial charge is 0.479 e. The number of nitrogen functional groups attached to an aromatic ring is 1. The van der Waals surface area contributed by atoms with Crippen LogP contribution in [0, 0.1) is 11.9 Å². The summed E-state index contributed by atoms with van der Waals surface area (Å²) in [6.45, 7) is 4.27. The lowest BCUT2D eigenvalue weighted by Crippen LogP contribution is -2.27. The Morgan fingerprint density at radius 3 is 2.43 bits per heavy atom. The average molecular weight is 367 g/mol. The fraction of sp³-hybridized carbons (Fsp3) is 0.600. The van der Waals surface area contributed by atoms with Gasteiger partial charge in [-0.05, 0) is 18.8 Å². The number of ether oxygens (including phenoxy) is 1. The van der Waals surface area contributed by atoms with Crippen molar-refractivity contribution in [1.82, 2.24) is 4.98 Å². The fourth-order valence-electron chi connectivity index (χ4n) is 2.01. The van der Waals surface area contributed by atoms with E-state index in [-0.39, 0.29) is 23.0 Å². The molecule has 0 saturated carbocycles. The van der Waals surface area contributed by atoms with E-state index in [1.54, 1.807) is 0 Å². The van der Waals surface area contributed by atoms with E-state index < -0.39 is 23.0 Å². The van der Waals surface area contributed by atoms with Crippen molar-refractivity contribution in [2.24, 2.45) is 5.92 Å². The summed E-state index contributed by atoms with van der Waals surface area (Å²) in [6, 6.07) is 0. The molecule has 1 rings (SSSR count). The van der Waals surface area contributed by atoms with E-state index in [1.165, 1.54) is 0 Å². The first kappa shape index (κ1) is 19.8. The molecule has 0 aromatic carbocycles. The van der Waals surface area contributed by atoms with Crippen LogP contribution in [0.25, 0.3) is 0 Å². The van der Waals surface area contributed by atoms with E-state index in [9.17, 15) is 14.3 Å². The van der Waals surface area contributed by atoms with E-state index in [2.05, 4.69) is 18.8 Å². The van der Waals surface area contributed by atoms with Crippen molar-refractivity contribution in [2.75, 3.05) is 5.73 Å². The molecule has 5 nitrogen and oxygen atoms in total. The molecule has 0 amide bonds. The van der Waals surface area contributed by atoms with Gasteiger partial charge in [-0.1, -0.05) is 56.3 Å². The molecule has 1 aromatic rings. The standard InChI is InChI=1S/C15H21Cl2FN2O3/c1-8(2)6-4-3-5-7-9(15(21)22)23-14-11(17)12(19)10(16)13(18)20-14/h8-9H,3-7H2,1-2H3,(H2,19,20)(H,21,22). The highest BCUT2D eigenvalue weighted by molar-refractivity contribution is 6.39. The van der Waals surface area contributed by atoms with Crippen LogP contribution in [0.5, 0.6) is 5.88 Å². The molecular formula is C15H21Cl2FN2O3. The zero-order chi connectivity index (χ0) is 17.6. The van der Waals surface area contributed by atoms with E-state index >= 15 is 0 Å². The smallest absolute Gasteiger partial charge is 0.344 e.